The maximum atomic E-state index is 12.7. The number of halogens is 3. The Balaban J connectivity index is 0.000000360. The van der Waals surface area contributed by atoms with Crippen molar-refractivity contribution in [3.8, 4) is 0 Å². The Morgan fingerprint density at radius 3 is 2.25 bits per heavy atom. The standard InChI is InChI=1S/C17H21N5O2S.C2HF3O2/c1-10-9-25-17(19-10)20-15(23)16(24)22-12-3-4-13(22)8-11(7-12)14-18-5-6-21(14)2;3-2(4,5)1(6)7/h5-6,9,11-13H,3-4,7-8H2,1-2H3,(H,19,20,23);(H,6,7)/t11?,12-,13+;. The van der Waals surface area contributed by atoms with E-state index in [4.69, 9.17) is 9.90 Å². The van der Waals surface area contributed by atoms with Gasteiger partial charge in [-0.15, -0.1) is 11.3 Å². The normalized spacial score (nSPS) is 22.2. The molecule has 9 nitrogen and oxygen atoms in total. The fourth-order valence-corrected chi connectivity index (χ4v) is 4.85. The van der Waals surface area contributed by atoms with Crippen molar-refractivity contribution in [2.45, 2.75) is 56.8 Å². The van der Waals surface area contributed by atoms with Gasteiger partial charge >= 0.3 is 24.0 Å². The summed E-state index contributed by atoms with van der Waals surface area (Å²) in [4.78, 5) is 44.4. The topological polar surface area (TPSA) is 117 Å². The van der Waals surface area contributed by atoms with Crippen molar-refractivity contribution < 1.29 is 32.7 Å². The molecule has 2 aromatic heterocycles. The molecule has 2 amide bonds. The number of anilines is 1. The second kappa shape index (κ2) is 9.27. The van der Waals surface area contributed by atoms with Crippen LogP contribution in [-0.4, -0.2) is 60.6 Å². The third-order valence-corrected chi connectivity index (χ3v) is 6.34. The highest BCUT2D eigenvalue weighted by atomic mass is 32.1. The van der Waals surface area contributed by atoms with E-state index in [1.54, 1.807) is 4.90 Å². The third-order valence-electron chi connectivity index (χ3n) is 5.47. The number of nitrogens with one attached hydrogen (secondary N) is 1. The number of hydrogen-bond donors (Lipinski definition) is 2. The molecule has 0 radical (unpaired) electrons. The number of aromatic nitrogens is 3. The lowest BCUT2D eigenvalue weighted by molar-refractivity contribution is -0.192. The minimum Gasteiger partial charge on any atom is -0.475 e. The number of amides is 2. The zero-order valence-corrected chi connectivity index (χ0v) is 18.1. The van der Waals surface area contributed by atoms with Crippen molar-refractivity contribution >= 4 is 34.3 Å². The van der Waals surface area contributed by atoms with Crippen LogP contribution in [0.5, 0.6) is 0 Å². The number of carboxylic acid groups (broad SMARTS) is 1. The second-order valence-corrected chi connectivity index (χ2v) is 8.57. The molecule has 0 aliphatic carbocycles. The summed E-state index contributed by atoms with van der Waals surface area (Å²) in [6, 6.07) is 0.244. The number of carboxylic acids is 1. The number of nitrogens with zero attached hydrogens (tertiary/aromatic N) is 4. The van der Waals surface area contributed by atoms with Gasteiger partial charge in [-0.1, -0.05) is 0 Å². The highest BCUT2D eigenvalue weighted by Gasteiger charge is 2.46. The monoisotopic (exact) mass is 473 g/mol. The zero-order chi connectivity index (χ0) is 23.6. The van der Waals surface area contributed by atoms with Crippen molar-refractivity contribution in [3.05, 3.63) is 29.3 Å². The summed E-state index contributed by atoms with van der Waals surface area (Å²) in [6.07, 6.45) is 2.35. The largest absolute Gasteiger partial charge is 0.490 e. The molecule has 32 heavy (non-hydrogen) atoms. The van der Waals surface area contributed by atoms with E-state index in [9.17, 15) is 22.8 Å². The summed E-state index contributed by atoms with van der Waals surface area (Å²) in [7, 11) is 2.01. The number of thiazole rings is 1. The zero-order valence-electron chi connectivity index (χ0n) is 17.3. The lowest BCUT2D eigenvalue weighted by atomic mass is 9.89. The van der Waals surface area contributed by atoms with Crippen molar-refractivity contribution in [1.29, 1.82) is 0 Å². The number of rotatable bonds is 2. The first-order valence-corrected chi connectivity index (χ1v) is 10.7. The lowest BCUT2D eigenvalue weighted by Crippen LogP contribution is -2.50. The Hall–Kier alpha value is -2.96. The van der Waals surface area contributed by atoms with Crippen LogP contribution >= 0.6 is 11.3 Å². The van der Waals surface area contributed by atoms with Crippen LogP contribution in [0.2, 0.25) is 0 Å². The summed E-state index contributed by atoms with van der Waals surface area (Å²) >= 11 is 1.33. The van der Waals surface area contributed by atoms with Gasteiger partial charge < -0.3 is 14.6 Å². The van der Waals surface area contributed by atoms with E-state index in [1.807, 2.05) is 31.7 Å². The molecule has 2 fully saturated rings. The fraction of sp³-hybridized carbons (Fsp3) is 0.526. The van der Waals surface area contributed by atoms with Crippen LogP contribution in [0.15, 0.2) is 17.8 Å². The molecule has 174 valence electrons. The van der Waals surface area contributed by atoms with E-state index < -0.39 is 24.0 Å². The van der Waals surface area contributed by atoms with Gasteiger partial charge in [-0.3, -0.25) is 14.9 Å². The van der Waals surface area contributed by atoms with Crippen molar-refractivity contribution in [1.82, 2.24) is 19.4 Å². The minimum atomic E-state index is -5.08. The Morgan fingerprint density at radius 2 is 1.81 bits per heavy atom. The highest BCUT2D eigenvalue weighted by Crippen LogP contribution is 2.42. The number of hydrogen-bond acceptors (Lipinski definition) is 6. The first kappa shape index (κ1) is 23.7. The van der Waals surface area contributed by atoms with E-state index in [0.717, 1.165) is 37.2 Å². The summed E-state index contributed by atoms with van der Waals surface area (Å²) < 4.78 is 33.8. The summed E-state index contributed by atoms with van der Waals surface area (Å²) in [5.74, 6) is -2.34. The molecule has 0 saturated carbocycles. The molecule has 3 atom stereocenters. The molecule has 2 aromatic rings. The smallest absolute Gasteiger partial charge is 0.475 e. The van der Waals surface area contributed by atoms with Gasteiger partial charge in [0, 0.05) is 42.8 Å². The molecular weight excluding hydrogens is 451 g/mol. The Kier molecular flexibility index (Phi) is 6.86. The number of aliphatic carboxylic acids is 1. The number of alkyl halides is 3. The average Bonchev–Trinajstić information content (AvgIpc) is 3.38. The molecule has 2 aliphatic heterocycles. The van der Waals surface area contributed by atoms with Crippen LogP contribution in [0.3, 0.4) is 0 Å². The first-order valence-electron chi connectivity index (χ1n) is 9.80. The molecule has 2 aliphatic rings. The average molecular weight is 473 g/mol. The number of fused-ring (bicyclic) bond motifs is 2. The molecule has 4 heterocycles. The number of carbonyl (C=O) groups is 3. The van der Waals surface area contributed by atoms with E-state index >= 15 is 0 Å². The van der Waals surface area contributed by atoms with Gasteiger partial charge in [0.1, 0.15) is 5.82 Å². The molecule has 13 heteroatoms. The maximum absolute atomic E-state index is 12.7. The van der Waals surface area contributed by atoms with Crippen LogP contribution in [-0.2, 0) is 21.4 Å². The minimum absolute atomic E-state index is 0.122. The third kappa shape index (κ3) is 5.26. The first-order chi connectivity index (χ1) is 15.0. The molecule has 4 rings (SSSR count). The number of aryl methyl sites for hydroxylation is 2. The molecule has 0 aromatic carbocycles. The Labute approximate surface area is 185 Å². The van der Waals surface area contributed by atoms with Gasteiger partial charge in [-0.25, -0.2) is 14.8 Å². The van der Waals surface area contributed by atoms with Crippen molar-refractivity contribution in [2.75, 3.05) is 5.32 Å². The van der Waals surface area contributed by atoms with Gasteiger partial charge in [0.25, 0.3) is 0 Å². The second-order valence-electron chi connectivity index (χ2n) is 7.71. The van der Waals surface area contributed by atoms with E-state index in [0.29, 0.717) is 11.0 Å². The fourth-order valence-electron chi connectivity index (χ4n) is 4.17. The van der Waals surface area contributed by atoms with E-state index in [1.165, 1.54) is 11.3 Å². The molecule has 2 bridgehead atoms. The number of imidazole rings is 1. The Bertz CT molecular complexity index is 991. The highest BCUT2D eigenvalue weighted by molar-refractivity contribution is 7.14. The summed E-state index contributed by atoms with van der Waals surface area (Å²) in [5, 5.41) is 12.1. The predicted octanol–water partition coefficient (Wildman–Crippen LogP) is 2.69. The van der Waals surface area contributed by atoms with Gasteiger partial charge in [0.05, 0.1) is 5.69 Å². The van der Waals surface area contributed by atoms with Crippen LogP contribution in [0.1, 0.15) is 43.1 Å². The molecule has 1 unspecified atom stereocenters. The van der Waals surface area contributed by atoms with E-state index in [2.05, 4.69) is 19.9 Å². The lowest BCUT2D eigenvalue weighted by Gasteiger charge is -2.38. The number of piperidine rings is 1. The van der Waals surface area contributed by atoms with Gasteiger partial charge in [-0.05, 0) is 32.6 Å². The van der Waals surface area contributed by atoms with Gasteiger partial charge in [0.15, 0.2) is 5.13 Å². The van der Waals surface area contributed by atoms with Gasteiger partial charge in [-0.2, -0.15) is 13.2 Å². The van der Waals surface area contributed by atoms with Gasteiger partial charge in [0.2, 0.25) is 0 Å². The quantitative estimate of drug-likeness (QED) is 0.648. The van der Waals surface area contributed by atoms with E-state index in [-0.39, 0.29) is 12.1 Å². The van der Waals surface area contributed by atoms with Crippen LogP contribution in [0.4, 0.5) is 18.3 Å². The molecule has 2 N–H and O–H groups in total. The molecular formula is C19H22F3N5O4S. The SMILES string of the molecule is Cc1csc(NC(=O)C(=O)N2[C@@H]3CC[C@H]2CC(c2nccn2C)C3)n1.O=C(O)C(F)(F)F. The van der Waals surface area contributed by atoms with Crippen LogP contribution in [0.25, 0.3) is 0 Å². The van der Waals surface area contributed by atoms with Crippen LogP contribution in [0, 0.1) is 6.92 Å². The summed E-state index contributed by atoms with van der Waals surface area (Å²) in [5.41, 5.74) is 0.837. The Morgan fingerprint density at radius 1 is 1.22 bits per heavy atom. The summed E-state index contributed by atoms with van der Waals surface area (Å²) in [6.45, 7) is 1.86. The number of carbonyl (C=O) groups excluding carboxylic acids is 2. The molecule has 2 saturated heterocycles. The van der Waals surface area contributed by atoms with Crippen molar-refractivity contribution in [2.24, 2.45) is 7.05 Å². The molecule has 0 spiro atoms. The maximum Gasteiger partial charge on any atom is 0.490 e. The predicted molar refractivity (Wildman–Crippen MR) is 108 cm³/mol. The van der Waals surface area contributed by atoms with Crippen molar-refractivity contribution in [3.63, 3.8) is 0 Å². The van der Waals surface area contributed by atoms with Crippen LogP contribution < -0.4 is 5.32 Å².